The van der Waals surface area contributed by atoms with E-state index in [1.165, 1.54) is 0 Å². The van der Waals surface area contributed by atoms with Crippen LogP contribution in [0.15, 0.2) is 0 Å². The molecule has 2 fully saturated rings. The maximum atomic E-state index is 12.3. The molecule has 19 heavy (non-hydrogen) atoms. The third kappa shape index (κ3) is 4.75. The summed E-state index contributed by atoms with van der Waals surface area (Å²) in [4.78, 5) is 16.5. The van der Waals surface area contributed by atoms with E-state index in [-0.39, 0.29) is 12.0 Å². The van der Waals surface area contributed by atoms with Gasteiger partial charge in [-0.3, -0.25) is 9.69 Å². The first-order valence-electron chi connectivity index (χ1n) is 7.62. The summed E-state index contributed by atoms with van der Waals surface area (Å²) in [6.07, 6.45) is 3.46. The fourth-order valence-corrected chi connectivity index (χ4v) is 2.75. The molecule has 0 bridgehead atoms. The molecule has 2 aliphatic rings. The molecule has 2 aliphatic heterocycles. The van der Waals surface area contributed by atoms with Gasteiger partial charge in [-0.05, 0) is 19.3 Å². The lowest BCUT2D eigenvalue weighted by Crippen LogP contribution is -2.51. The van der Waals surface area contributed by atoms with Crippen molar-refractivity contribution in [2.45, 2.75) is 32.3 Å². The van der Waals surface area contributed by atoms with Crippen molar-refractivity contribution in [3.63, 3.8) is 0 Å². The SMILES string of the molecule is CCCOC1CCCN(C(=O)CN2CCNCC2)C1. The van der Waals surface area contributed by atoms with E-state index < -0.39 is 0 Å². The molecule has 0 aromatic heterocycles. The molecule has 1 unspecified atom stereocenters. The third-order valence-corrected chi connectivity index (χ3v) is 3.86. The van der Waals surface area contributed by atoms with Gasteiger partial charge >= 0.3 is 0 Å². The van der Waals surface area contributed by atoms with Gasteiger partial charge in [0.2, 0.25) is 5.91 Å². The van der Waals surface area contributed by atoms with Gasteiger partial charge in [0.1, 0.15) is 0 Å². The predicted molar refractivity (Wildman–Crippen MR) is 75.2 cm³/mol. The lowest BCUT2D eigenvalue weighted by molar-refractivity contribution is -0.136. The number of hydrogen-bond acceptors (Lipinski definition) is 4. The van der Waals surface area contributed by atoms with Gasteiger partial charge in [-0.25, -0.2) is 0 Å². The Kier molecular flexibility index (Phi) is 6.07. The highest BCUT2D eigenvalue weighted by Gasteiger charge is 2.25. The Balaban J connectivity index is 1.74. The normalized spacial score (nSPS) is 25.5. The van der Waals surface area contributed by atoms with Crippen LogP contribution in [0.1, 0.15) is 26.2 Å². The maximum absolute atomic E-state index is 12.3. The smallest absolute Gasteiger partial charge is 0.236 e. The van der Waals surface area contributed by atoms with Crippen LogP contribution < -0.4 is 5.32 Å². The highest BCUT2D eigenvalue weighted by Crippen LogP contribution is 2.14. The van der Waals surface area contributed by atoms with Crippen LogP contribution in [0.2, 0.25) is 0 Å². The molecule has 5 heteroatoms. The summed E-state index contributed by atoms with van der Waals surface area (Å²) < 4.78 is 5.78. The molecule has 0 saturated carbocycles. The summed E-state index contributed by atoms with van der Waals surface area (Å²) in [5.74, 6) is 0.270. The first-order chi connectivity index (χ1) is 9.29. The quantitative estimate of drug-likeness (QED) is 0.780. The van der Waals surface area contributed by atoms with E-state index in [1.807, 2.05) is 4.90 Å². The first kappa shape index (κ1) is 14.8. The molecular formula is C14H27N3O2. The summed E-state index contributed by atoms with van der Waals surface area (Å²) in [7, 11) is 0. The first-order valence-corrected chi connectivity index (χ1v) is 7.62. The lowest BCUT2D eigenvalue weighted by atomic mass is 10.1. The zero-order valence-corrected chi connectivity index (χ0v) is 12.1. The number of amides is 1. The monoisotopic (exact) mass is 269 g/mol. The minimum Gasteiger partial charge on any atom is -0.376 e. The van der Waals surface area contributed by atoms with Crippen molar-refractivity contribution >= 4 is 5.91 Å². The van der Waals surface area contributed by atoms with Crippen LogP contribution in [0.3, 0.4) is 0 Å². The number of nitrogens with one attached hydrogen (secondary N) is 1. The van der Waals surface area contributed by atoms with E-state index in [9.17, 15) is 4.79 Å². The largest absolute Gasteiger partial charge is 0.376 e. The molecular weight excluding hydrogens is 242 g/mol. The maximum Gasteiger partial charge on any atom is 0.236 e. The molecule has 1 amide bonds. The highest BCUT2D eigenvalue weighted by molar-refractivity contribution is 5.78. The topological polar surface area (TPSA) is 44.8 Å². The summed E-state index contributed by atoms with van der Waals surface area (Å²) in [5, 5.41) is 3.31. The zero-order valence-electron chi connectivity index (χ0n) is 12.1. The van der Waals surface area contributed by atoms with Crippen molar-refractivity contribution in [2.24, 2.45) is 0 Å². The van der Waals surface area contributed by atoms with Crippen molar-refractivity contribution in [3.05, 3.63) is 0 Å². The van der Waals surface area contributed by atoms with Gasteiger partial charge in [0.25, 0.3) is 0 Å². The summed E-state index contributed by atoms with van der Waals surface area (Å²) in [6.45, 7) is 9.14. The van der Waals surface area contributed by atoms with Crippen LogP contribution in [0.25, 0.3) is 0 Å². The number of hydrogen-bond donors (Lipinski definition) is 1. The average Bonchev–Trinajstić information content (AvgIpc) is 2.46. The summed E-state index contributed by atoms with van der Waals surface area (Å²) in [6, 6.07) is 0. The minimum absolute atomic E-state index is 0.251. The van der Waals surface area contributed by atoms with E-state index in [4.69, 9.17) is 4.74 Å². The lowest BCUT2D eigenvalue weighted by Gasteiger charge is -2.35. The van der Waals surface area contributed by atoms with Gasteiger partial charge in [0.05, 0.1) is 12.6 Å². The van der Waals surface area contributed by atoms with E-state index in [1.54, 1.807) is 0 Å². The molecule has 110 valence electrons. The molecule has 0 radical (unpaired) electrons. The Bertz CT molecular complexity index is 280. The summed E-state index contributed by atoms with van der Waals surface area (Å²) in [5.41, 5.74) is 0. The van der Waals surface area contributed by atoms with E-state index in [0.717, 1.165) is 65.1 Å². The number of nitrogens with zero attached hydrogens (tertiary/aromatic N) is 2. The highest BCUT2D eigenvalue weighted by atomic mass is 16.5. The van der Waals surface area contributed by atoms with E-state index in [0.29, 0.717) is 6.54 Å². The number of likely N-dealkylation sites (tertiary alicyclic amines) is 1. The molecule has 5 nitrogen and oxygen atoms in total. The van der Waals surface area contributed by atoms with Crippen LogP contribution in [-0.4, -0.2) is 74.2 Å². The molecule has 0 spiro atoms. The molecule has 0 aromatic carbocycles. The van der Waals surface area contributed by atoms with Crippen molar-refractivity contribution in [1.82, 2.24) is 15.1 Å². The minimum atomic E-state index is 0.251. The number of ether oxygens (including phenoxy) is 1. The second-order valence-corrected chi connectivity index (χ2v) is 5.50. The van der Waals surface area contributed by atoms with Crippen molar-refractivity contribution in [3.8, 4) is 0 Å². The second kappa shape index (κ2) is 7.82. The molecule has 1 N–H and O–H groups in total. The van der Waals surface area contributed by atoms with Crippen molar-refractivity contribution in [1.29, 1.82) is 0 Å². The summed E-state index contributed by atoms with van der Waals surface area (Å²) >= 11 is 0. The van der Waals surface area contributed by atoms with Crippen LogP contribution in [0, 0.1) is 0 Å². The molecule has 0 aliphatic carbocycles. The van der Waals surface area contributed by atoms with Crippen LogP contribution in [-0.2, 0) is 9.53 Å². The van der Waals surface area contributed by atoms with Gasteiger partial charge in [-0.15, -0.1) is 0 Å². The van der Waals surface area contributed by atoms with Crippen molar-refractivity contribution < 1.29 is 9.53 Å². The number of carbonyl (C=O) groups is 1. The zero-order chi connectivity index (χ0) is 13.5. The molecule has 0 aromatic rings. The van der Waals surface area contributed by atoms with Crippen LogP contribution in [0.5, 0.6) is 0 Å². The molecule has 2 saturated heterocycles. The second-order valence-electron chi connectivity index (χ2n) is 5.50. The van der Waals surface area contributed by atoms with Gasteiger partial charge in [0.15, 0.2) is 0 Å². The molecule has 1 atom stereocenters. The fourth-order valence-electron chi connectivity index (χ4n) is 2.75. The number of piperidine rings is 1. The molecule has 2 rings (SSSR count). The molecule has 2 heterocycles. The van der Waals surface area contributed by atoms with E-state index in [2.05, 4.69) is 17.1 Å². The number of carbonyl (C=O) groups excluding carboxylic acids is 1. The Labute approximate surface area is 116 Å². The number of piperazine rings is 1. The van der Waals surface area contributed by atoms with Gasteiger partial charge < -0.3 is 15.0 Å². The third-order valence-electron chi connectivity index (χ3n) is 3.86. The number of rotatable bonds is 5. The fraction of sp³-hybridized carbons (Fsp3) is 0.929. The Morgan fingerprint density at radius 2 is 2.11 bits per heavy atom. The predicted octanol–water partition coefficient (Wildman–Crippen LogP) is 0.309. The van der Waals surface area contributed by atoms with Gasteiger partial charge in [-0.1, -0.05) is 6.92 Å². The van der Waals surface area contributed by atoms with Gasteiger partial charge in [0, 0.05) is 45.9 Å². The van der Waals surface area contributed by atoms with Crippen LogP contribution in [0.4, 0.5) is 0 Å². The van der Waals surface area contributed by atoms with Crippen LogP contribution >= 0.6 is 0 Å². The Hall–Kier alpha value is -0.650. The van der Waals surface area contributed by atoms with Crippen molar-refractivity contribution in [2.75, 3.05) is 52.4 Å². The van der Waals surface area contributed by atoms with E-state index >= 15 is 0 Å². The average molecular weight is 269 g/mol. The standard InChI is InChI=1S/C14H27N3O2/c1-2-10-19-13-4-3-7-17(11-13)14(18)12-16-8-5-15-6-9-16/h13,15H,2-12H2,1H3. The van der Waals surface area contributed by atoms with Gasteiger partial charge in [-0.2, -0.15) is 0 Å². The Morgan fingerprint density at radius 3 is 2.84 bits per heavy atom. The Morgan fingerprint density at radius 1 is 1.32 bits per heavy atom.